The highest BCUT2D eigenvalue weighted by Crippen LogP contribution is 2.37. The van der Waals surface area contributed by atoms with Gasteiger partial charge >= 0.3 is 0 Å². The van der Waals surface area contributed by atoms with Crippen LogP contribution in [0.3, 0.4) is 0 Å². The molecular weight excluding hydrogens is 335 g/mol. The lowest BCUT2D eigenvalue weighted by Gasteiger charge is -2.18. The summed E-state index contributed by atoms with van der Waals surface area (Å²) in [6, 6.07) is 0. The van der Waals surface area contributed by atoms with Crippen molar-refractivity contribution in [1.29, 1.82) is 0 Å². The molecule has 0 aliphatic heterocycles. The SMILES string of the molecule is CC(C)(C)c1c(Br)csc1I. The van der Waals surface area contributed by atoms with Gasteiger partial charge in [-0.05, 0) is 49.5 Å². The molecule has 0 bridgehead atoms. The highest BCUT2D eigenvalue weighted by Gasteiger charge is 2.21. The van der Waals surface area contributed by atoms with Crippen LogP contribution >= 0.6 is 49.9 Å². The molecule has 0 saturated heterocycles. The van der Waals surface area contributed by atoms with Gasteiger partial charge in [0.15, 0.2) is 0 Å². The summed E-state index contributed by atoms with van der Waals surface area (Å²) in [4.78, 5) is 0. The molecule has 1 rings (SSSR count). The first-order chi connectivity index (χ1) is 4.93. The van der Waals surface area contributed by atoms with Crippen LogP contribution in [0.1, 0.15) is 26.3 Å². The second-order valence-corrected chi connectivity index (χ2v) is 7.03. The van der Waals surface area contributed by atoms with Crippen LogP contribution in [0.25, 0.3) is 0 Å². The Hall–Kier alpha value is 0.910. The Morgan fingerprint density at radius 1 is 1.45 bits per heavy atom. The van der Waals surface area contributed by atoms with E-state index in [1.807, 2.05) is 0 Å². The van der Waals surface area contributed by atoms with Crippen molar-refractivity contribution >= 4 is 49.9 Å². The number of hydrogen-bond donors (Lipinski definition) is 0. The van der Waals surface area contributed by atoms with Crippen molar-refractivity contribution in [2.24, 2.45) is 0 Å². The highest BCUT2D eigenvalue weighted by molar-refractivity contribution is 14.1. The summed E-state index contributed by atoms with van der Waals surface area (Å²) in [7, 11) is 0. The fourth-order valence-corrected chi connectivity index (χ4v) is 4.88. The smallest absolute Gasteiger partial charge is 0.0702 e. The van der Waals surface area contributed by atoms with E-state index in [2.05, 4.69) is 64.7 Å². The largest absolute Gasteiger partial charge is 0.136 e. The van der Waals surface area contributed by atoms with Crippen molar-refractivity contribution in [3.8, 4) is 0 Å². The zero-order valence-electron chi connectivity index (χ0n) is 6.74. The van der Waals surface area contributed by atoms with Crippen LogP contribution in [-0.2, 0) is 5.41 Å². The Labute approximate surface area is 93.7 Å². The molecule has 0 spiro atoms. The van der Waals surface area contributed by atoms with Gasteiger partial charge in [0, 0.05) is 9.85 Å². The number of hydrogen-bond acceptors (Lipinski definition) is 1. The summed E-state index contributed by atoms with van der Waals surface area (Å²) in [5.41, 5.74) is 1.69. The molecule has 0 fully saturated rings. The first-order valence-electron chi connectivity index (χ1n) is 3.36. The van der Waals surface area contributed by atoms with E-state index in [9.17, 15) is 0 Å². The molecule has 1 aromatic heterocycles. The Morgan fingerprint density at radius 3 is 2.18 bits per heavy atom. The van der Waals surface area contributed by atoms with Gasteiger partial charge in [0.1, 0.15) is 0 Å². The van der Waals surface area contributed by atoms with Crippen molar-refractivity contribution in [2.75, 3.05) is 0 Å². The molecule has 0 unspecified atom stereocenters. The Balaban J connectivity index is 3.21. The van der Waals surface area contributed by atoms with Gasteiger partial charge in [-0.25, -0.2) is 0 Å². The summed E-state index contributed by atoms with van der Waals surface area (Å²) in [5, 5.41) is 2.16. The zero-order chi connectivity index (χ0) is 8.65. The van der Waals surface area contributed by atoms with E-state index >= 15 is 0 Å². The molecule has 0 amide bonds. The minimum absolute atomic E-state index is 0.259. The van der Waals surface area contributed by atoms with Crippen LogP contribution in [0.4, 0.5) is 0 Å². The van der Waals surface area contributed by atoms with Crippen molar-refractivity contribution in [1.82, 2.24) is 0 Å². The minimum Gasteiger partial charge on any atom is -0.136 e. The maximum Gasteiger partial charge on any atom is 0.0702 e. The third-order valence-corrected chi connectivity index (χ3v) is 4.45. The fourth-order valence-electron chi connectivity index (χ4n) is 0.968. The lowest BCUT2D eigenvalue weighted by atomic mass is 9.89. The second-order valence-electron chi connectivity index (χ2n) is 3.48. The lowest BCUT2D eigenvalue weighted by Crippen LogP contribution is -2.11. The Bertz CT molecular complexity index is 240. The van der Waals surface area contributed by atoms with Gasteiger partial charge in [-0.1, -0.05) is 20.8 Å². The van der Waals surface area contributed by atoms with Crippen LogP contribution in [0.15, 0.2) is 9.85 Å². The summed E-state index contributed by atoms with van der Waals surface area (Å²) < 4.78 is 2.64. The molecule has 0 atom stereocenters. The zero-order valence-corrected chi connectivity index (χ0v) is 11.3. The van der Waals surface area contributed by atoms with Gasteiger partial charge in [0.25, 0.3) is 0 Å². The summed E-state index contributed by atoms with van der Waals surface area (Å²) in [5.74, 6) is 0. The van der Waals surface area contributed by atoms with Gasteiger partial charge in [-0.2, -0.15) is 0 Å². The molecule has 0 nitrogen and oxygen atoms in total. The monoisotopic (exact) mass is 344 g/mol. The van der Waals surface area contributed by atoms with Gasteiger partial charge in [0.2, 0.25) is 0 Å². The quantitative estimate of drug-likeness (QED) is 0.611. The average molecular weight is 345 g/mol. The van der Waals surface area contributed by atoms with Crippen LogP contribution in [0.2, 0.25) is 0 Å². The van der Waals surface area contributed by atoms with Gasteiger partial charge in [-0.3, -0.25) is 0 Å². The first-order valence-corrected chi connectivity index (χ1v) is 6.11. The molecule has 1 aromatic rings. The van der Waals surface area contributed by atoms with E-state index in [4.69, 9.17) is 0 Å². The standard InChI is InChI=1S/C8H10BrIS/c1-8(2,3)6-5(9)4-11-7(6)10/h4H,1-3H3. The van der Waals surface area contributed by atoms with Crippen molar-refractivity contribution in [3.63, 3.8) is 0 Å². The molecule has 0 aliphatic rings. The van der Waals surface area contributed by atoms with Crippen molar-refractivity contribution in [2.45, 2.75) is 26.2 Å². The number of thiophene rings is 1. The van der Waals surface area contributed by atoms with E-state index in [1.54, 1.807) is 11.3 Å². The fraction of sp³-hybridized carbons (Fsp3) is 0.500. The lowest BCUT2D eigenvalue weighted by molar-refractivity contribution is 0.587. The first kappa shape index (κ1) is 9.99. The van der Waals surface area contributed by atoms with E-state index in [0.717, 1.165) is 0 Å². The van der Waals surface area contributed by atoms with Crippen LogP contribution in [0, 0.1) is 2.88 Å². The van der Waals surface area contributed by atoms with Crippen molar-refractivity contribution < 1.29 is 0 Å². The van der Waals surface area contributed by atoms with Gasteiger partial charge in [0.05, 0.1) is 2.88 Å². The third-order valence-electron chi connectivity index (χ3n) is 1.45. The van der Waals surface area contributed by atoms with Crippen LogP contribution in [-0.4, -0.2) is 0 Å². The predicted molar refractivity (Wildman–Crippen MR) is 63.4 cm³/mol. The molecule has 0 saturated carbocycles. The van der Waals surface area contributed by atoms with E-state index in [-0.39, 0.29) is 5.41 Å². The average Bonchev–Trinajstić information content (AvgIpc) is 2.08. The minimum atomic E-state index is 0.259. The molecule has 1 heterocycles. The summed E-state index contributed by atoms with van der Waals surface area (Å²) in [6.45, 7) is 6.71. The molecule has 3 heteroatoms. The molecule has 11 heavy (non-hydrogen) atoms. The number of halogens is 2. The maximum absolute atomic E-state index is 3.56. The predicted octanol–water partition coefficient (Wildman–Crippen LogP) is 4.41. The third kappa shape index (κ3) is 2.18. The van der Waals surface area contributed by atoms with Crippen LogP contribution < -0.4 is 0 Å². The van der Waals surface area contributed by atoms with Gasteiger partial charge in [-0.15, -0.1) is 11.3 Å². The summed E-state index contributed by atoms with van der Waals surface area (Å²) >= 11 is 7.75. The molecular formula is C8H10BrIS. The maximum atomic E-state index is 3.56. The summed E-state index contributed by atoms with van der Waals surface area (Å²) in [6.07, 6.45) is 0. The molecule has 0 N–H and O–H groups in total. The second kappa shape index (κ2) is 3.34. The molecule has 0 aromatic carbocycles. The highest BCUT2D eigenvalue weighted by atomic mass is 127. The molecule has 0 radical (unpaired) electrons. The number of rotatable bonds is 0. The van der Waals surface area contributed by atoms with Gasteiger partial charge < -0.3 is 0 Å². The van der Waals surface area contributed by atoms with E-state index in [0.29, 0.717) is 0 Å². The topological polar surface area (TPSA) is 0 Å². The normalized spacial score (nSPS) is 12.1. The Kier molecular flexibility index (Phi) is 3.03. The molecule has 62 valence electrons. The van der Waals surface area contributed by atoms with E-state index in [1.165, 1.54) is 12.9 Å². The van der Waals surface area contributed by atoms with E-state index < -0.39 is 0 Å². The molecule has 0 aliphatic carbocycles. The van der Waals surface area contributed by atoms with Crippen molar-refractivity contribution in [3.05, 3.63) is 18.3 Å². The van der Waals surface area contributed by atoms with Crippen LogP contribution in [0.5, 0.6) is 0 Å². The Morgan fingerprint density at radius 2 is 2.00 bits per heavy atom.